The zero-order valence-corrected chi connectivity index (χ0v) is 9.32. The molecule has 0 fully saturated rings. The van der Waals surface area contributed by atoms with Crippen LogP contribution in [-0.2, 0) is 6.42 Å². The van der Waals surface area contributed by atoms with E-state index in [0.717, 1.165) is 27.9 Å². The number of nitrogens with one attached hydrogen (secondary N) is 1. The van der Waals surface area contributed by atoms with Crippen LogP contribution in [0.5, 0.6) is 0 Å². The molecule has 0 amide bonds. The van der Waals surface area contributed by atoms with Crippen molar-refractivity contribution in [2.45, 2.75) is 13.3 Å². The second-order valence-electron chi connectivity index (χ2n) is 3.28. The van der Waals surface area contributed by atoms with Gasteiger partial charge in [0.2, 0.25) is 4.96 Å². The Morgan fingerprint density at radius 1 is 1.50 bits per heavy atom. The molecule has 8 heteroatoms. The van der Waals surface area contributed by atoms with Gasteiger partial charge in [-0.3, -0.25) is 5.10 Å². The van der Waals surface area contributed by atoms with Crippen molar-refractivity contribution >= 4 is 22.1 Å². The summed E-state index contributed by atoms with van der Waals surface area (Å²) < 4.78 is 1.75. The first kappa shape index (κ1) is 9.28. The van der Waals surface area contributed by atoms with Crippen LogP contribution in [0.25, 0.3) is 15.7 Å². The highest BCUT2D eigenvalue weighted by molar-refractivity contribution is 7.19. The lowest BCUT2D eigenvalue weighted by Crippen LogP contribution is -1.93. The minimum absolute atomic E-state index is 0.455. The standard InChI is InChI=1S/C8H9N7S/c1-2-6-12-13-8-15(6)14-7(16-8)4-3-5(9)11-10-4/h3H,2H2,1H3,(H3,9,10,11). The molecule has 0 saturated heterocycles. The third kappa shape index (κ3) is 1.27. The van der Waals surface area contributed by atoms with Crippen LogP contribution in [0.1, 0.15) is 12.7 Å². The molecule has 0 unspecified atom stereocenters. The van der Waals surface area contributed by atoms with Crippen LogP contribution in [-0.4, -0.2) is 30.0 Å². The number of anilines is 1. The molecule has 0 bridgehead atoms. The minimum atomic E-state index is 0.455. The lowest BCUT2D eigenvalue weighted by atomic mass is 10.4. The predicted molar refractivity (Wildman–Crippen MR) is 60.0 cm³/mol. The van der Waals surface area contributed by atoms with Crippen molar-refractivity contribution < 1.29 is 0 Å². The van der Waals surface area contributed by atoms with E-state index in [-0.39, 0.29) is 0 Å². The maximum Gasteiger partial charge on any atom is 0.235 e. The second-order valence-corrected chi connectivity index (χ2v) is 4.23. The Kier molecular flexibility index (Phi) is 1.90. The number of hydrogen-bond donors (Lipinski definition) is 2. The third-order valence-corrected chi connectivity index (χ3v) is 3.13. The predicted octanol–water partition coefficient (Wildman–Crippen LogP) is 0.720. The number of nitrogens with two attached hydrogens (primary N) is 1. The van der Waals surface area contributed by atoms with Gasteiger partial charge in [0, 0.05) is 12.5 Å². The van der Waals surface area contributed by atoms with Gasteiger partial charge in [-0.15, -0.1) is 10.2 Å². The highest BCUT2D eigenvalue weighted by Gasteiger charge is 2.12. The van der Waals surface area contributed by atoms with Gasteiger partial charge >= 0.3 is 0 Å². The van der Waals surface area contributed by atoms with Crippen molar-refractivity contribution in [2.24, 2.45) is 0 Å². The van der Waals surface area contributed by atoms with Crippen LogP contribution < -0.4 is 5.73 Å². The van der Waals surface area contributed by atoms with Crippen molar-refractivity contribution in [3.8, 4) is 10.7 Å². The number of rotatable bonds is 2. The topological polar surface area (TPSA) is 97.8 Å². The van der Waals surface area contributed by atoms with E-state index in [2.05, 4.69) is 25.5 Å². The first-order valence-corrected chi connectivity index (χ1v) is 5.62. The Morgan fingerprint density at radius 3 is 3.06 bits per heavy atom. The quantitative estimate of drug-likeness (QED) is 0.682. The van der Waals surface area contributed by atoms with Gasteiger partial charge in [-0.05, 0) is 0 Å². The molecule has 0 aliphatic carbocycles. The van der Waals surface area contributed by atoms with E-state index >= 15 is 0 Å². The fourth-order valence-corrected chi connectivity index (χ4v) is 2.26. The molecule has 3 heterocycles. The van der Waals surface area contributed by atoms with Gasteiger partial charge in [0.05, 0.1) is 5.69 Å². The van der Waals surface area contributed by atoms with Gasteiger partial charge in [-0.25, -0.2) is 0 Å². The van der Waals surface area contributed by atoms with E-state index in [9.17, 15) is 0 Å². The Morgan fingerprint density at radius 2 is 2.38 bits per heavy atom. The number of nitrogen functional groups attached to an aromatic ring is 1. The number of hydrogen-bond acceptors (Lipinski definition) is 6. The molecule has 7 nitrogen and oxygen atoms in total. The number of aryl methyl sites for hydroxylation is 1. The second kappa shape index (κ2) is 3.27. The summed E-state index contributed by atoms with van der Waals surface area (Å²) in [5.74, 6) is 1.31. The zero-order valence-electron chi connectivity index (χ0n) is 8.51. The number of H-pyrrole nitrogens is 1. The summed E-state index contributed by atoms with van der Waals surface area (Å²) in [5.41, 5.74) is 6.34. The highest BCUT2D eigenvalue weighted by atomic mass is 32.1. The van der Waals surface area contributed by atoms with Crippen LogP contribution >= 0.6 is 11.3 Å². The molecule has 0 spiro atoms. The van der Waals surface area contributed by atoms with Crippen molar-refractivity contribution in [3.05, 3.63) is 11.9 Å². The van der Waals surface area contributed by atoms with E-state index in [0.29, 0.717) is 5.82 Å². The summed E-state index contributed by atoms with van der Waals surface area (Å²) in [6.07, 6.45) is 0.801. The average molecular weight is 235 g/mol. The maximum atomic E-state index is 5.54. The summed E-state index contributed by atoms with van der Waals surface area (Å²) in [5, 5.41) is 20.0. The SMILES string of the molecule is CCc1nnc2sc(-c3cc(N)n[nH]3)nn12. The first-order valence-electron chi connectivity index (χ1n) is 4.80. The Balaban J connectivity index is 2.15. The van der Waals surface area contributed by atoms with Gasteiger partial charge in [0.15, 0.2) is 10.8 Å². The van der Waals surface area contributed by atoms with E-state index in [1.165, 1.54) is 11.3 Å². The Labute approximate surface area is 94.3 Å². The van der Waals surface area contributed by atoms with Crippen molar-refractivity contribution in [2.75, 3.05) is 5.73 Å². The van der Waals surface area contributed by atoms with Crippen LogP contribution in [0.3, 0.4) is 0 Å². The number of aromatic nitrogens is 6. The summed E-state index contributed by atoms with van der Waals surface area (Å²) in [6.45, 7) is 2.02. The van der Waals surface area contributed by atoms with Crippen LogP contribution in [0.15, 0.2) is 6.07 Å². The van der Waals surface area contributed by atoms with Crippen molar-refractivity contribution in [1.29, 1.82) is 0 Å². The average Bonchev–Trinajstić information content (AvgIpc) is 2.90. The molecular weight excluding hydrogens is 226 g/mol. The van der Waals surface area contributed by atoms with Gasteiger partial charge in [0.25, 0.3) is 0 Å². The molecular formula is C8H9N7S. The molecule has 82 valence electrons. The summed E-state index contributed by atoms with van der Waals surface area (Å²) in [6, 6.07) is 1.75. The van der Waals surface area contributed by atoms with E-state index in [4.69, 9.17) is 5.73 Å². The monoisotopic (exact) mass is 235 g/mol. The number of fused-ring (bicyclic) bond motifs is 1. The van der Waals surface area contributed by atoms with Crippen molar-refractivity contribution in [3.63, 3.8) is 0 Å². The summed E-state index contributed by atoms with van der Waals surface area (Å²) in [4.78, 5) is 0.778. The van der Waals surface area contributed by atoms with E-state index in [1.807, 2.05) is 6.92 Å². The molecule has 0 saturated carbocycles. The largest absolute Gasteiger partial charge is 0.382 e. The summed E-state index contributed by atoms with van der Waals surface area (Å²) >= 11 is 1.45. The molecule has 3 N–H and O–H groups in total. The van der Waals surface area contributed by atoms with Gasteiger partial charge in [-0.1, -0.05) is 18.3 Å². The smallest absolute Gasteiger partial charge is 0.235 e. The van der Waals surface area contributed by atoms with Gasteiger partial charge in [-0.2, -0.15) is 14.7 Å². The normalized spacial score (nSPS) is 11.3. The molecule has 0 atom stereocenters. The highest BCUT2D eigenvalue weighted by Crippen LogP contribution is 2.24. The molecule has 0 radical (unpaired) electrons. The van der Waals surface area contributed by atoms with Gasteiger partial charge < -0.3 is 5.73 Å². The number of aromatic amines is 1. The maximum absolute atomic E-state index is 5.54. The first-order chi connectivity index (χ1) is 7.78. The fourth-order valence-electron chi connectivity index (χ4n) is 1.43. The minimum Gasteiger partial charge on any atom is -0.382 e. The van der Waals surface area contributed by atoms with Crippen molar-refractivity contribution in [1.82, 2.24) is 30.0 Å². The van der Waals surface area contributed by atoms with Gasteiger partial charge in [0.1, 0.15) is 5.82 Å². The summed E-state index contributed by atoms with van der Waals surface area (Å²) in [7, 11) is 0. The lowest BCUT2D eigenvalue weighted by Gasteiger charge is -1.88. The fraction of sp³-hybridized carbons (Fsp3) is 0.250. The van der Waals surface area contributed by atoms with Crippen LogP contribution in [0.4, 0.5) is 5.82 Å². The zero-order chi connectivity index (χ0) is 11.1. The number of nitrogens with zero attached hydrogens (tertiary/aromatic N) is 5. The molecule has 3 rings (SSSR count). The molecule has 3 aromatic heterocycles. The van der Waals surface area contributed by atoms with Crippen LogP contribution in [0.2, 0.25) is 0 Å². The third-order valence-electron chi connectivity index (χ3n) is 2.20. The molecule has 3 aromatic rings. The Bertz CT molecular complexity index is 634. The van der Waals surface area contributed by atoms with Crippen LogP contribution in [0, 0.1) is 0 Å². The molecule has 0 aromatic carbocycles. The molecule has 0 aliphatic heterocycles. The van der Waals surface area contributed by atoms with E-state index in [1.54, 1.807) is 10.6 Å². The lowest BCUT2D eigenvalue weighted by molar-refractivity contribution is 0.836. The Hall–Kier alpha value is -1.96. The van der Waals surface area contributed by atoms with E-state index < -0.39 is 0 Å². The molecule has 16 heavy (non-hydrogen) atoms. The molecule has 0 aliphatic rings.